The number of rotatable bonds is 5. The van der Waals surface area contributed by atoms with Gasteiger partial charge in [0.05, 0.1) is 23.8 Å². The molecule has 2 aromatic carbocycles. The van der Waals surface area contributed by atoms with Crippen LogP contribution in [0.15, 0.2) is 48.0 Å². The number of halogens is 4. The van der Waals surface area contributed by atoms with E-state index >= 15 is 8.78 Å². The van der Waals surface area contributed by atoms with Crippen LogP contribution in [0.1, 0.15) is 57.6 Å². The minimum atomic E-state index is -1.54. The zero-order valence-electron chi connectivity index (χ0n) is 21.9. The maximum absolute atomic E-state index is 15.8. The third-order valence-electron chi connectivity index (χ3n) is 8.48. The molecule has 0 spiro atoms. The molecule has 0 aliphatic carbocycles. The van der Waals surface area contributed by atoms with E-state index in [1.165, 1.54) is 17.7 Å². The second kappa shape index (κ2) is 9.56. The van der Waals surface area contributed by atoms with Gasteiger partial charge in [-0.3, -0.25) is 4.79 Å². The van der Waals surface area contributed by atoms with Gasteiger partial charge in [-0.25, -0.2) is 13.7 Å². The van der Waals surface area contributed by atoms with Crippen molar-refractivity contribution in [3.8, 4) is 0 Å². The molecule has 4 unspecified atom stereocenters. The van der Waals surface area contributed by atoms with Crippen molar-refractivity contribution >= 4 is 29.2 Å². The summed E-state index contributed by atoms with van der Waals surface area (Å²) in [4.78, 5) is 15.4. The van der Waals surface area contributed by atoms with Crippen LogP contribution < -0.4 is 5.73 Å². The molecule has 4 atom stereocenters. The number of hydrogen-bond donors (Lipinski definition) is 1. The molecule has 204 valence electrons. The summed E-state index contributed by atoms with van der Waals surface area (Å²) in [5, 5.41) is 0.109. The minimum absolute atomic E-state index is 0.102. The van der Waals surface area contributed by atoms with Crippen molar-refractivity contribution < 1.29 is 23.0 Å². The van der Waals surface area contributed by atoms with E-state index in [-0.39, 0.29) is 21.2 Å². The van der Waals surface area contributed by atoms with Gasteiger partial charge in [-0.2, -0.15) is 0 Å². The van der Waals surface area contributed by atoms with Crippen LogP contribution in [0, 0.1) is 17.0 Å². The zero-order valence-corrected chi connectivity index (χ0v) is 23.4. The van der Waals surface area contributed by atoms with Gasteiger partial charge in [-0.1, -0.05) is 66.9 Å². The Labute approximate surface area is 231 Å². The Morgan fingerprint density at radius 2 is 1.92 bits per heavy atom. The molecule has 3 aliphatic heterocycles. The highest BCUT2D eigenvalue weighted by molar-refractivity contribution is 6.31. The van der Waals surface area contributed by atoms with Crippen LogP contribution in [-0.2, 0) is 19.8 Å². The summed E-state index contributed by atoms with van der Waals surface area (Å²) in [6.07, 6.45) is 3.27. The fourth-order valence-electron chi connectivity index (χ4n) is 6.77. The van der Waals surface area contributed by atoms with Crippen LogP contribution in [0.3, 0.4) is 0 Å². The van der Waals surface area contributed by atoms with Crippen molar-refractivity contribution in [1.29, 1.82) is 0 Å². The van der Waals surface area contributed by atoms with Crippen LogP contribution in [0.25, 0.3) is 0 Å². The van der Waals surface area contributed by atoms with Gasteiger partial charge in [-0.05, 0) is 55.9 Å². The summed E-state index contributed by atoms with van der Waals surface area (Å²) in [5.74, 6) is -2.83. The summed E-state index contributed by atoms with van der Waals surface area (Å²) < 4.78 is 42.9. The lowest BCUT2D eigenvalue weighted by atomic mass is 9.66. The molecule has 0 saturated carbocycles. The smallest absolute Gasteiger partial charge is 0.325 e. The maximum Gasteiger partial charge on any atom is 0.325 e. The highest BCUT2D eigenvalue weighted by Crippen LogP contribution is 2.59. The van der Waals surface area contributed by atoms with E-state index in [2.05, 4.69) is 19.9 Å². The van der Waals surface area contributed by atoms with E-state index < -0.39 is 52.3 Å². The van der Waals surface area contributed by atoms with E-state index in [0.717, 1.165) is 6.42 Å². The Hall–Kier alpha value is -2.03. The molecule has 3 aliphatic rings. The van der Waals surface area contributed by atoms with Crippen molar-refractivity contribution in [1.82, 2.24) is 4.90 Å². The Morgan fingerprint density at radius 1 is 1.18 bits per heavy atom. The van der Waals surface area contributed by atoms with Gasteiger partial charge in [0.2, 0.25) is 0 Å². The number of fused-ring (bicyclic) bond motifs is 1. The first kappa shape index (κ1) is 27.5. The van der Waals surface area contributed by atoms with E-state index in [9.17, 15) is 4.79 Å². The number of carbonyl (C=O) groups is 1. The molecule has 0 aromatic heterocycles. The van der Waals surface area contributed by atoms with Crippen LogP contribution in [0.2, 0.25) is 10.0 Å². The van der Waals surface area contributed by atoms with Crippen molar-refractivity contribution in [3.63, 3.8) is 0 Å². The van der Waals surface area contributed by atoms with Crippen molar-refractivity contribution in [2.24, 2.45) is 11.1 Å². The fraction of sp³-hybridized carbons (Fsp3) is 0.483. The largest absolute Gasteiger partial charge is 0.443 e. The normalized spacial score (nSPS) is 29.2. The summed E-state index contributed by atoms with van der Waals surface area (Å²) in [6.45, 7) is 8.91. The average Bonchev–Trinajstić information content (AvgIpc) is 3.24. The number of nitrogens with two attached hydrogens (primary N) is 1. The van der Waals surface area contributed by atoms with Gasteiger partial charge in [-0.15, -0.1) is 0 Å². The lowest BCUT2D eigenvalue weighted by Crippen LogP contribution is -2.57. The Kier molecular flexibility index (Phi) is 6.93. The number of benzene rings is 2. The minimum Gasteiger partial charge on any atom is -0.443 e. The Morgan fingerprint density at radius 3 is 2.58 bits per heavy atom. The monoisotopic (exact) mass is 564 g/mol. The van der Waals surface area contributed by atoms with E-state index in [1.54, 1.807) is 38.1 Å². The van der Waals surface area contributed by atoms with Gasteiger partial charge < -0.3 is 15.2 Å². The van der Waals surface area contributed by atoms with Crippen LogP contribution in [-0.4, -0.2) is 41.9 Å². The van der Waals surface area contributed by atoms with Crippen molar-refractivity contribution in [2.75, 3.05) is 13.2 Å². The number of cyclic esters (lactones) is 1. The van der Waals surface area contributed by atoms with Gasteiger partial charge in [0, 0.05) is 22.5 Å². The molecule has 5 rings (SSSR count). The van der Waals surface area contributed by atoms with E-state index in [0.29, 0.717) is 19.6 Å². The summed E-state index contributed by atoms with van der Waals surface area (Å²) >= 11 is 12.3. The lowest BCUT2D eigenvalue weighted by Gasteiger charge is -2.45. The molecule has 2 aromatic rings. The van der Waals surface area contributed by atoms with E-state index in [1.807, 2.05) is 4.90 Å². The topological polar surface area (TPSA) is 64.8 Å². The molecule has 2 N–H and O–H groups in total. The predicted octanol–water partition coefficient (Wildman–Crippen LogP) is 6.32. The van der Waals surface area contributed by atoms with Crippen LogP contribution in [0.5, 0.6) is 0 Å². The molecule has 0 radical (unpaired) electrons. The van der Waals surface area contributed by atoms with Crippen LogP contribution in [0.4, 0.5) is 8.78 Å². The lowest BCUT2D eigenvalue weighted by molar-refractivity contribution is -0.152. The summed E-state index contributed by atoms with van der Waals surface area (Å²) in [5.41, 5.74) is 5.90. The van der Waals surface area contributed by atoms with Gasteiger partial charge in [0.1, 0.15) is 17.7 Å². The third kappa shape index (κ3) is 4.27. The first-order valence-corrected chi connectivity index (χ1v) is 13.5. The predicted molar refractivity (Wildman–Crippen MR) is 143 cm³/mol. The SMILES string of the molecule is CC(C)(CC1N2C(C(=O)OC2(C)C)C(c2cccc(Cl)c2F)C1(N)c1ccc(Cl)cc1F)C1=CCOCC1. The summed E-state index contributed by atoms with van der Waals surface area (Å²) in [7, 11) is 0. The molecule has 0 bridgehead atoms. The number of esters is 1. The number of nitrogens with zero attached hydrogens (tertiary/aromatic N) is 1. The molecule has 38 heavy (non-hydrogen) atoms. The van der Waals surface area contributed by atoms with Crippen molar-refractivity contribution in [2.45, 2.75) is 69.8 Å². The fourth-order valence-corrected chi connectivity index (χ4v) is 7.11. The first-order valence-electron chi connectivity index (χ1n) is 12.8. The molecule has 9 heteroatoms. The third-order valence-corrected chi connectivity index (χ3v) is 9.01. The number of carbonyl (C=O) groups excluding carboxylic acids is 1. The second-order valence-corrected chi connectivity index (χ2v) is 12.4. The Bertz CT molecular complexity index is 1310. The quantitative estimate of drug-likeness (QED) is 0.340. The molecule has 2 fully saturated rings. The summed E-state index contributed by atoms with van der Waals surface area (Å²) in [6, 6.07) is 7.34. The standard InChI is InChI=1S/C29H32Cl2F2N2O3/c1-27(2,16-10-12-37-13-11-16)15-22-29(34,19-9-8-17(30)14-21(19)32)23(18-6-5-7-20(31)24(18)33)25-26(36)38-28(3,4)35(22)25/h5-10,14,22-23,25H,11-13,15,34H2,1-4H3. The van der Waals surface area contributed by atoms with Gasteiger partial charge >= 0.3 is 5.97 Å². The molecule has 3 heterocycles. The average molecular weight is 565 g/mol. The van der Waals surface area contributed by atoms with Crippen molar-refractivity contribution in [3.05, 3.63) is 80.9 Å². The van der Waals surface area contributed by atoms with E-state index in [4.69, 9.17) is 38.4 Å². The Balaban J connectivity index is 1.77. The second-order valence-electron chi connectivity index (χ2n) is 11.6. The maximum atomic E-state index is 15.8. The van der Waals surface area contributed by atoms with Gasteiger partial charge in [0.25, 0.3) is 0 Å². The number of ether oxygens (including phenoxy) is 2. The zero-order chi connectivity index (χ0) is 27.6. The molecule has 0 amide bonds. The molecule has 5 nitrogen and oxygen atoms in total. The molecular formula is C29H32Cl2F2N2O3. The van der Waals surface area contributed by atoms with Crippen LogP contribution >= 0.6 is 23.2 Å². The highest BCUT2D eigenvalue weighted by Gasteiger charge is 2.69. The number of hydrogen-bond acceptors (Lipinski definition) is 5. The highest BCUT2D eigenvalue weighted by atomic mass is 35.5. The van der Waals surface area contributed by atoms with Gasteiger partial charge in [0.15, 0.2) is 5.72 Å². The molecule has 2 saturated heterocycles. The first-order chi connectivity index (χ1) is 17.8. The molecular weight excluding hydrogens is 533 g/mol.